The van der Waals surface area contributed by atoms with Gasteiger partial charge in [-0.1, -0.05) is 30.3 Å². The molecule has 0 saturated carbocycles. The Labute approximate surface area is 144 Å². The van der Waals surface area contributed by atoms with Gasteiger partial charge in [0.15, 0.2) is 0 Å². The predicted molar refractivity (Wildman–Crippen MR) is 97.6 cm³/mol. The largest absolute Gasteiger partial charge is 0.341 e. The Morgan fingerprint density at radius 1 is 1.22 bits per heavy atom. The second-order valence-electron chi connectivity index (χ2n) is 6.94. The minimum atomic E-state index is 0.387. The fourth-order valence-electron chi connectivity index (χ4n) is 3.66. The summed E-state index contributed by atoms with van der Waals surface area (Å²) in [5.41, 5.74) is 1.35. The summed E-state index contributed by atoms with van der Waals surface area (Å²) in [6, 6.07) is 11.1. The van der Waals surface area contributed by atoms with Gasteiger partial charge in [0.2, 0.25) is 5.91 Å². The normalized spacial score (nSPS) is 22.7. The number of hydrogen-bond acceptors (Lipinski definition) is 3. The predicted octanol–water partition coefficient (Wildman–Crippen LogP) is 3.25. The number of thioether (sulfide) groups is 1. The lowest BCUT2D eigenvalue weighted by Gasteiger charge is -2.26. The van der Waals surface area contributed by atoms with Gasteiger partial charge >= 0.3 is 0 Å². The van der Waals surface area contributed by atoms with E-state index in [9.17, 15) is 4.79 Å². The van der Waals surface area contributed by atoms with Crippen LogP contribution in [0.15, 0.2) is 30.3 Å². The molecule has 1 amide bonds. The SMILES string of the molecule is CN(Cc1ccccc1)C1CCN(C(=O)CC2CCSCC2)C1. The van der Waals surface area contributed by atoms with Gasteiger partial charge < -0.3 is 4.90 Å². The molecule has 1 unspecified atom stereocenters. The first-order valence-electron chi connectivity index (χ1n) is 8.82. The Kier molecular flexibility index (Phi) is 6.01. The smallest absolute Gasteiger partial charge is 0.222 e. The van der Waals surface area contributed by atoms with Crippen LogP contribution in [0.5, 0.6) is 0 Å². The second-order valence-corrected chi connectivity index (χ2v) is 8.17. The molecule has 2 saturated heterocycles. The van der Waals surface area contributed by atoms with Crippen molar-refractivity contribution < 1.29 is 4.79 Å². The standard InChI is InChI=1S/C19H28N2OS/c1-20(14-17-5-3-2-4-6-17)18-7-10-21(15-18)19(22)13-16-8-11-23-12-9-16/h2-6,16,18H,7-15H2,1H3. The average Bonchev–Trinajstić information content (AvgIpc) is 3.07. The Balaban J connectivity index is 1.46. The minimum absolute atomic E-state index is 0.387. The zero-order valence-electron chi connectivity index (χ0n) is 14.1. The van der Waals surface area contributed by atoms with E-state index in [1.807, 2.05) is 11.8 Å². The van der Waals surface area contributed by atoms with Crippen molar-refractivity contribution in [3.63, 3.8) is 0 Å². The third-order valence-electron chi connectivity index (χ3n) is 5.22. The molecule has 3 nitrogen and oxygen atoms in total. The van der Waals surface area contributed by atoms with Gasteiger partial charge in [0.05, 0.1) is 0 Å². The molecule has 4 heteroatoms. The summed E-state index contributed by atoms with van der Waals surface area (Å²) in [6.45, 7) is 2.81. The quantitative estimate of drug-likeness (QED) is 0.827. The van der Waals surface area contributed by atoms with Crippen molar-refractivity contribution in [1.82, 2.24) is 9.80 Å². The molecule has 0 aromatic heterocycles. The molecule has 3 rings (SSSR count). The lowest BCUT2D eigenvalue weighted by atomic mass is 9.98. The molecule has 1 aromatic carbocycles. The van der Waals surface area contributed by atoms with Crippen LogP contribution in [-0.4, -0.2) is 53.4 Å². The van der Waals surface area contributed by atoms with E-state index in [4.69, 9.17) is 0 Å². The van der Waals surface area contributed by atoms with E-state index >= 15 is 0 Å². The highest BCUT2D eigenvalue weighted by Gasteiger charge is 2.30. The number of hydrogen-bond donors (Lipinski definition) is 0. The van der Waals surface area contributed by atoms with Gasteiger partial charge in [-0.2, -0.15) is 11.8 Å². The van der Waals surface area contributed by atoms with Crippen LogP contribution in [0.3, 0.4) is 0 Å². The zero-order chi connectivity index (χ0) is 16.1. The first-order valence-corrected chi connectivity index (χ1v) is 9.97. The summed E-state index contributed by atoms with van der Waals surface area (Å²) >= 11 is 2.03. The van der Waals surface area contributed by atoms with Gasteiger partial charge in [-0.15, -0.1) is 0 Å². The molecule has 2 aliphatic rings. The van der Waals surface area contributed by atoms with Crippen LogP contribution in [0.2, 0.25) is 0 Å². The summed E-state index contributed by atoms with van der Waals surface area (Å²) in [6.07, 6.45) is 4.33. The van der Waals surface area contributed by atoms with Crippen LogP contribution in [0, 0.1) is 5.92 Å². The molecule has 0 radical (unpaired) electrons. The molecule has 2 fully saturated rings. The minimum Gasteiger partial charge on any atom is -0.341 e. The van der Waals surface area contributed by atoms with E-state index in [1.54, 1.807) is 0 Å². The van der Waals surface area contributed by atoms with Crippen molar-refractivity contribution >= 4 is 17.7 Å². The molecule has 1 atom stereocenters. The number of nitrogens with zero attached hydrogens (tertiary/aromatic N) is 2. The van der Waals surface area contributed by atoms with Gasteiger partial charge in [-0.05, 0) is 49.3 Å². The molecule has 2 aliphatic heterocycles. The van der Waals surface area contributed by atoms with Crippen LogP contribution in [0.1, 0.15) is 31.2 Å². The van der Waals surface area contributed by atoms with Crippen LogP contribution in [0.4, 0.5) is 0 Å². The molecule has 126 valence electrons. The average molecular weight is 333 g/mol. The fraction of sp³-hybridized carbons (Fsp3) is 0.632. The first-order chi connectivity index (χ1) is 11.2. The number of carbonyl (C=O) groups excluding carboxylic acids is 1. The van der Waals surface area contributed by atoms with Crippen molar-refractivity contribution in [1.29, 1.82) is 0 Å². The number of benzene rings is 1. The Morgan fingerprint density at radius 3 is 2.70 bits per heavy atom. The van der Waals surface area contributed by atoms with Gasteiger partial charge in [0.25, 0.3) is 0 Å². The Morgan fingerprint density at radius 2 is 1.96 bits per heavy atom. The Bertz CT molecular complexity index is 501. The first kappa shape index (κ1) is 16.8. The lowest BCUT2D eigenvalue weighted by Crippen LogP contribution is -2.36. The molecule has 0 bridgehead atoms. The Hall–Kier alpha value is -1.000. The van der Waals surface area contributed by atoms with Crippen LogP contribution in [0.25, 0.3) is 0 Å². The highest BCUT2D eigenvalue weighted by Crippen LogP contribution is 2.27. The van der Waals surface area contributed by atoms with Crippen molar-refractivity contribution in [3.8, 4) is 0 Å². The van der Waals surface area contributed by atoms with Gasteiger partial charge in [0.1, 0.15) is 0 Å². The lowest BCUT2D eigenvalue weighted by molar-refractivity contribution is -0.131. The maximum absolute atomic E-state index is 12.5. The summed E-state index contributed by atoms with van der Waals surface area (Å²) in [4.78, 5) is 17.0. The molecule has 0 aliphatic carbocycles. The highest BCUT2D eigenvalue weighted by molar-refractivity contribution is 7.99. The summed E-state index contributed by atoms with van der Waals surface area (Å²) in [5.74, 6) is 3.49. The number of amides is 1. The molecule has 2 heterocycles. The van der Waals surface area contributed by atoms with Crippen molar-refractivity contribution in [3.05, 3.63) is 35.9 Å². The monoisotopic (exact) mass is 332 g/mol. The highest BCUT2D eigenvalue weighted by atomic mass is 32.2. The maximum Gasteiger partial charge on any atom is 0.222 e. The van der Waals surface area contributed by atoms with Crippen molar-refractivity contribution in [2.24, 2.45) is 5.92 Å². The molecule has 1 aromatic rings. The second kappa shape index (κ2) is 8.20. The molecular formula is C19H28N2OS. The third kappa shape index (κ3) is 4.74. The number of rotatable bonds is 5. The van der Waals surface area contributed by atoms with E-state index in [1.165, 1.54) is 29.9 Å². The topological polar surface area (TPSA) is 23.6 Å². The zero-order valence-corrected chi connectivity index (χ0v) is 14.9. The number of likely N-dealkylation sites (N-methyl/N-ethyl adjacent to an activating group) is 1. The molecular weight excluding hydrogens is 304 g/mol. The number of carbonyl (C=O) groups is 1. The van der Waals surface area contributed by atoms with Gasteiger partial charge in [-0.25, -0.2) is 0 Å². The van der Waals surface area contributed by atoms with E-state index in [-0.39, 0.29) is 0 Å². The van der Waals surface area contributed by atoms with Crippen LogP contribution >= 0.6 is 11.8 Å². The summed E-state index contributed by atoms with van der Waals surface area (Å²) in [5, 5.41) is 0. The van der Waals surface area contributed by atoms with Gasteiger partial charge in [0, 0.05) is 32.1 Å². The van der Waals surface area contributed by atoms with E-state index in [2.05, 4.69) is 47.2 Å². The summed E-state index contributed by atoms with van der Waals surface area (Å²) < 4.78 is 0. The van der Waals surface area contributed by atoms with Crippen LogP contribution < -0.4 is 0 Å². The number of likely N-dealkylation sites (tertiary alicyclic amines) is 1. The fourth-order valence-corrected chi connectivity index (χ4v) is 4.86. The molecule has 23 heavy (non-hydrogen) atoms. The van der Waals surface area contributed by atoms with E-state index in [0.717, 1.165) is 32.5 Å². The van der Waals surface area contributed by atoms with Crippen LogP contribution in [-0.2, 0) is 11.3 Å². The molecule has 0 spiro atoms. The molecule has 0 N–H and O–H groups in total. The third-order valence-corrected chi connectivity index (χ3v) is 6.27. The van der Waals surface area contributed by atoms with Gasteiger partial charge in [-0.3, -0.25) is 9.69 Å². The van der Waals surface area contributed by atoms with E-state index < -0.39 is 0 Å². The summed E-state index contributed by atoms with van der Waals surface area (Å²) in [7, 11) is 2.18. The van der Waals surface area contributed by atoms with Crippen molar-refractivity contribution in [2.75, 3.05) is 31.6 Å². The van der Waals surface area contributed by atoms with E-state index in [0.29, 0.717) is 17.9 Å². The maximum atomic E-state index is 12.5. The van der Waals surface area contributed by atoms with Crippen molar-refractivity contribution in [2.45, 2.75) is 38.3 Å².